The predicted molar refractivity (Wildman–Crippen MR) is 194 cm³/mol. The Morgan fingerprint density at radius 3 is 2.55 bits per heavy atom. The fourth-order valence-corrected chi connectivity index (χ4v) is 7.57. The number of carbonyl (C=O) groups is 4. The highest BCUT2D eigenvalue weighted by Gasteiger charge is 2.63. The van der Waals surface area contributed by atoms with E-state index in [1.165, 1.54) is 42.8 Å². The smallest absolute Gasteiger partial charge is 0.409 e. The van der Waals surface area contributed by atoms with Crippen molar-refractivity contribution in [1.82, 2.24) is 10.2 Å². The largest absolute Gasteiger partial charge is 0.495 e. The minimum atomic E-state index is -1.85. The summed E-state index contributed by atoms with van der Waals surface area (Å²) < 4.78 is 29.4. The molecule has 2 fully saturated rings. The van der Waals surface area contributed by atoms with Crippen molar-refractivity contribution in [3.8, 4) is 5.75 Å². The number of anilines is 1. The monoisotopic (exact) mass is 751 g/mol. The van der Waals surface area contributed by atoms with Gasteiger partial charge >= 0.3 is 12.1 Å². The fourth-order valence-electron chi connectivity index (χ4n) is 6.88. The molecule has 51 heavy (non-hydrogen) atoms. The summed E-state index contributed by atoms with van der Waals surface area (Å²) in [6, 6.07) is 2.63. The molecule has 5 unspecified atom stereocenters. The van der Waals surface area contributed by atoms with Gasteiger partial charge in [0, 0.05) is 46.2 Å². The molecule has 4 heterocycles. The summed E-state index contributed by atoms with van der Waals surface area (Å²) in [4.78, 5) is 56.0. The van der Waals surface area contributed by atoms with Gasteiger partial charge in [0.1, 0.15) is 46.3 Å². The highest BCUT2D eigenvalue weighted by molar-refractivity contribution is 7.98. The third-order valence-electron chi connectivity index (χ3n) is 9.96. The topological polar surface area (TPSA) is 153 Å². The van der Waals surface area contributed by atoms with Crippen LogP contribution in [0.2, 0.25) is 5.02 Å². The van der Waals surface area contributed by atoms with Crippen LogP contribution in [0.5, 0.6) is 5.75 Å². The molecular weight excluding hydrogens is 702 g/mol. The summed E-state index contributed by atoms with van der Waals surface area (Å²) in [5.74, 6) is -0.390. The summed E-state index contributed by atoms with van der Waals surface area (Å²) in [5.41, 5.74) is -2.08. The van der Waals surface area contributed by atoms with Crippen LogP contribution in [0.4, 0.5) is 10.5 Å². The van der Waals surface area contributed by atoms with Gasteiger partial charge in [0.15, 0.2) is 5.72 Å². The van der Waals surface area contributed by atoms with Gasteiger partial charge in [-0.3, -0.25) is 14.9 Å². The minimum absolute atomic E-state index is 0.0902. The van der Waals surface area contributed by atoms with Crippen molar-refractivity contribution >= 4 is 52.9 Å². The number of amides is 3. The second-order valence-electron chi connectivity index (χ2n) is 13.9. The Labute approximate surface area is 308 Å². The van der Waals surface area contributed by atoms with Crippen LogP contribution in [0, 0.1) is 0 Å². The van der Waals surface area contributed by atoms with Crippen molar-refractivity contribution in [2.24, 2.45) is 0 Å². The van der Waals surface area contributed by atoms with E-state index in [4.69, 9.17) is 35.3 Å². The van der Waals surface area contributed by atoms with E-state index in [0.717, 1.165) is 11.1 Å². The van der Waals surface area contributed by atoms with E-state index in [-0.39, 0.29) is 36.6 Å². The average molecular weight is 752 g/mol. The van der Waals surface area contributed by atoms with E-state index in [1.807, 2.05) is 19.3 Å². The number of likely N-dealkylation sites (N-methyl/N-ethyl adjacent to an activating group) is 1. The second kappa shape index (κ2) is 16.2. The molecular formula is C36H50ClN3O10S. The molecule has 1 aromatic carbocycles. The number of allylic oxidation sites excluding steroid dienone is 3. The third kappa shape index (κ3) is 8.85. The highest BCUT2D eigenvalue weighted by Crippen LogP contribution is 2.50. The molecule has 1 aromatic rings. The van der Waals surface area contributed by atoms with Gasteiger partial charge in [-0.2, -0.15) is 11.8 Å². The number of thioether (sulfide) groups is 1. The van der Waals surface area contributed by atoms with E-state index < -0.39 is 59.3 Å². The lowest BCUT2D eigenvalue weighted by molar-refractivity contribution is -0.328. The molecule has 282 valence electrons. The fraction of sp³-hybridized carbons (Fsp3) is 0.611. The van der Waals surface area contributed by atoms with Gasteiger partial charge in [-0.15, -0.1) is 0 Å². The maximum atomic E-state index is 14.1. The van der Waals surface area contributed by atoms with Crippen molar-refractivity contribution in [1.29, 1.82) is 0 Å². The Morgan fingerprint density at radius 2 is 1.92 bits per heavy atom. The minimum Gasteiger partial charge on any atom is -0.495 e. The van der Waals surface area contributed by atoms with Crippen LogP contribution in [0.3, 0.4) is 0 Å². The lowest BCUT2D eigenvalue weighted by Crippen LogP contribution is -2.72. The number of carbonyl (C=O) groups excluding carboxylic acids is 4. The van der Waals surface area contributed by atoms with Crippen LogP contribution in [0.15, 0.2) is 35.9 Å². The molecule has 4 aliphatic heterocycles. The number of hydrogen-bond acceptors (Lipinski definition) is 11. The van der Waals surface area contributed by atoms with Crippen LogP contribution in [-0.4, -0.2) is 115 Å². The number of halogens is 1. The average Bonchev–Trinajstić information content (AvgIpc) is 3.06. The zero-order chi connectivity index (χ0) is 37.9. The van der Waals surface area contributed by atoms with Crippen molar-refractivity contribution in [3.63, 3.8) is 0 Å². The van der Waals surface area contributed by atoms with Crippen molar-refractivity contribution in [2.45, 2.75) is 101 Å². The van der Waals surface area contributed by atoms with Crippen molar-refractivity contribution < 1.29 is 48.0 Å². The number of alkyl carbamates (subject to hydrolysis) is 1. The molecule has 0 spiro atoms. The Bertz CT molecular complexity index is 1560. The second-order valence-corrected chi connectivity index (χ2v) is 15.3. The van der Waals surface area contributed by atoms with Gasteiger partial charge in [-0.25, -0.2) is 9.59 Å². The number of fused-ring (bicyclic) bond motifs is 6. The lowest BCUT2D eigenvalue weighted by atomic mass is 9.72. The number of rotatable bonds is 8. The van der Waals surface area contributed by atoms with Crippen molar-refractivity contribution in [2.75, 3.05) is 45.2 Å². The van der Waals surface area contributed by atoms with Gasteiger partial charge in [0.05, 0.1) is 19.2 Å². The molecule has 0 saturated carbocycles. The zero-order valence-electron chi connectivity index (χ0n) is 30.7. The number of ether oxygens (including phenoxy) is 5. The third-order valence-corrected chi connectivity index (χ3v) is 11.0. The van der Waals surface area contributed by atoms with E-state index >= 15 is 0 Å². The molecule has 15 heteroatoms. The molecule has 2 saturated heterocycles. The maximum absolute atomic E-state index is 14.1. The van der Waals surface area contributed by atoms with Crippen molar-refractivity contribution in [3.05, 3.63) is 46.5 Å². The molecule has 0 aromatic heterocycles. The Kier molecular flexibility index (Phi) is 12.8. The van der Waals surface area contributed by atoms with Crippen LogP contribution < -0.4 is 15.0 Å². The Balaban J connectivity index is 1.76. The van der Waals surface area contributed by atoms with Crippen LogP contribution in [0.1, 0.15) is 58.9 Å². The molecule has 3 amide bonds. The van der Waals surface area contributed by atoms with E-state index in [9.17, 15) is 24.3 Å². The summed E-state index contributed by atoms with van der Waals surface area (Å²) >= 11 is 8.26. The summed E-state index contributed by atoms with van der Waals surface area (Å²) in [6.45, 7) is 6.93. The number of methoxy groups -OCH3 is 2. The van der Waals surface area contributed by atoms with Gasteiger partial charge in [-0.05, 0) is 58.1 Å². The van der Waals surface area contributed by atoms with E-state index in [0.29, 0.717) is 23.6 Å². The first-order chi connectivity index (χ1) is 23.9. The normalized spacial score (nSPS) is 31.9. The number of nitrogens with zero attached hydrogens (tertiary/aromatic N) is 2. The first-order valence-corrected chi connectivity index (χ1v) is 18.5. The number of esters is 1. The van der Waals surface area contributed by atoms with Crippen LogP contribution in [0.25, 0.3) is 0 Å². The van der Waals surface area contributed by atoms with Crippen LogP contribution >= 0.6 is 23.4 Å². The number of nitrogens with one attached hydrogen (secondary N) is 1. The van der Waals surface area contributed by atoms with E-state index in [2.05, 4.69) is 5.32 Å². The number of benzene rings is 1. The van der Waals surface area contributed by atoms with Crippen LogP contribution in [-0.2, 0) is 39.8 Å². The summed E-state index contributed by atoms with van der Waals surface area (Å²) in [7, 11) is 6.03. The van der Waals surface area contributed by atoms with Gasteiger partial charge in [-0.1, -0.05) is 35.4 Å². The van der Waals surface area contributed by atoms with E-state index in [1.54, 1.807) is 52.1 Å². The lowest BCUT2D eigenvalue weighted by Gasteiger charge is -2.59. The number of hydrogen-bond donors (Lipinski definition) is 2. The quantitative estimate of drug-likeness (QED) is 0.364. The molecule has 0 radical (unpaired) electrons. The predicted octanol–water partition coefficient (Wildman–Crippen LogP) is 4.41. The van der Waals surface area contributed by atoms with Gasteiger partial charge in [0.25, 0.3) is 0 Å². The SMILES string of the molecule is COc1cc2cc(c1Cl)N(C)C(=O)C[C@H](OC(=O)[C@H](C)N(C)C(=O)CCSC)C1(C)CC(C)(O1)C1CC(O)(NC(=O)O1)C(OC)/C=C/C=C(\C)C2. The summed E-state index contributed by atoms with van der Waals surface area (Å²) in [5, 5.41) is 14.5. The van der Waals surface area contributed by atoms with Gasteiger partial charge in [0.2, 0.25) is 11.8 Å². The van der Waals surface area contributed by atoms with Gasteiger partial charge < -0.3 is 38.6 Å². The highest BCUT2D eigenvalue weighted by atomic mass is 35.5. The molecule has 6 bridgehead atoms. The summed E-state index contributed by atoms with van der Waals surface area (Å²) in [6.07, 6.45) is 3.76. The standard InChI is InChI=1S/C36H50ClN3O10S/c1-21-11-10-12-26(47-8)36(45)19-28(49-33(44)38-36)35(4)20-34(3,50-35)27(48-32(43)22(2)39(5)29(41)13-14-51-9)18-30(42)40(6)24-16-23(15-21)17-25(46-7)31(24)37/h10-12,16-17,22,26-28,45H,13-15,18-20H2,1-9H3,(H,38,44)/b12-10+,21-11+/t22-,26?,27-,28?,34?,35?,36?/m0/s1. The molecule has 2 N–H and O–H groups in total. The molecule has 13 nitrogen and oxygen atoms in total. The molecule has 4 aliphatic rings. The molecule has 7 atom stereocenters. The Hall–Kier alpha value is -3.30. The Morgan fingerprint density at radius 1 is 1.24 bits per heavy atom. The first kappa shape index (κ1) is 40.5. The first-order valence-electron chi connectivity index (χ1n) is 16.8. The molecule has 5 rings (SSSR count). The number of aliphatic hydroxyl groups is 1. The molecule has 0 aliphatic carbocycles. The maximum Gasteiger partial charge on any atom is 0.409 e. The zero-order valence-corrected chi connectivity index (χ0v) is 32.3.